The Bertz CT molecular complexity index is 499. The third-order valence-electron chi connectivity index (χ3n) is 3.43. The normalized spacial score (nSPS) is 18.2. The Morgan fingerprint density at radius 2 is 2.15 bits per heavy atom. The maximum Gasteiger partial charge on any atom is 0.338 e. The van der Waals surface area contributed by atoms with Gasteiger partial charge in [0.05, 0.1) is 12.2 Å². The van der Waals surface area contributed by atoms with Gasteiger partial charge in [-0.2, -0.15) is 0 Å². The minimum absolute atomic E-state index is 0.157. The second-order valence-corrected chi connectivity index (χ2v) is 4.86. The summed E-state index contributed by atoms with van der Waals surface area (Å²) in [4.78, 5) is 12.1. The number of esters is 1. The Hall–Kier alpha value is -1.87. The number of hydrogen-bond acceptors (Lipinski definition) is 3. The fourth-order valence-corrected chi connectivity index (χ4v) is 2.31. The van der Waals surface area contributed by atoms with Crippen molar-refractivity contribution in [1.82, 2.24) is 0 Å². The Morgan fingerprint density at radius 1 is 1.40 bits per heavy atom. The van der Waals surface area contributed by atoms with Crippen LogP contribution in [0.3, 0.4) is 0 Å². The summed E-state index contributed by atoms with van der Waals surface area (Å²) >= 11 is 0. The predicted molar refractivity (Wildman–Crippen MR) is 79.5 cm³/mol. The second-order valence-electron chi connectivity index (χ2n) is 4.86. The first-order chi connectivity index (χ1) is 9.74. The monoisotopic (exact) mass is 272 g/mol. The van der Waals surface area contributed by atoms with Crippen LogP contribution in [0.25, 0.3) is 6.08 Å². The van der Waals surface area contributed by atoms with E-state index in [0.717, 1.165) is 30.4 Å². The average molecular weight is 272 g/mol. The van der Waals surface area contributed by atoms with Crippen LogP contribution < -0.4 is 0 Å². The van der Waals surface area contributed by atoms with Gasteiger partial charge < -0.3 is 9.47 Å². The van der Waals surface area contributed by atoms with Crippen molar-refractivity contribution in [1.29, 1.82) is 0 Å². The zero-order chi connectivity index (χ0) is 14.4. The second kappa shape index (κ2) is 7.06. The number of benzene rings is 1. The lowest BCUT2D eigenvalue weighted by atomic mass is 9.97. The van der Waals surface area contributed by atoms with Crippen LogP contribution in [0.5, 0.6) is 0 Å². The van der Waals surface area contributed by atoms with Crippen molar-refractivity contribution in [3.8, 4) is 0 Å². The summed E-state index contributed by atoms with van der Waals surface area (Å²) in [6.07, 6.45) is 6.64. The van der Waals surface area contributed by atoms with Gasteiger partial charge in [-0.05, 0) is 42.5 Å². The van der Waals surface area contributed by atoms with Gasteiger partial charge in [0.2, 0.25) is 0 Å². The molecule has 0 aliphatic heterocycles. The quantitative estimate of drug-likeness (QED) is 0.606. The van der Waals surface area contributed by atoms with E-state index in [2.05, 4.69) is 12.7 Å². The molecule has 1 aliphatic rings. The molecule has 1 aromatic rings. The van der Waals surface area contributed by atoms with Crippen molar-refractivity contribution in [2.45, 2.75) is 25.4 Å². The van der Waals surface area contributed by atoms with Gasteiger partial charge in [0.1, 0.15) is 6.10 Å². The molecule has 2 rings (SSSR count). The van der Waals surface area contributed by atoms with Crippen molar-refractivity contribution in [2.24, 2.45) is 0 Å². The molecule has 0 saturated carbocycles. The average Bonchev–Trinajstić information content (AvgIpc) is 2.49. The van der Waals surface area contributed by atoms with E-state index in [1.165, 1.54) is 0 Å². The van der Waals surface area contributed by atoms with Gasteiger partial charge in [0.25, 0.3) is 0 Å². The SMILES string of the molecule is C=Cc1ccc(C(=O)OC2CCCC=C2COC)cc1. The van der Waals surface area contributed by atoms with Crippen LogP contribution in [0, 0.1) is 0 Å². The standard InChI is InChI=1S/C17H20O3/c1-3-13-8-10-14(11-9-13)17(18)20-16-7-5-4-6-15(16)12-19-2/h3,6,8-11,16H,1,4-5,7,12H2,2H3. The van der Waals surface area contributed by atoms with Gasteiger partial charge in [-0.3, -0.25) is 0 Å². The molecule has 0 spiro atoms. The molecule has 0 amide bonds. The Kier molecular flexibility index (Phi) is 5.13. The minimum Gasteiger partial charge on any atom is -0.454 e. The first-order valence-electron chi connectivity index (χ1n) is 6.86. The number of rotatable bonds is 5. The van der Waals surface area contributed by atoms with Crippen LogP contribution in [-0.2, 0) is 9.47 Å². The van der Waals surface area contributed by atoms with Gasteiger partial charge in [0.15, 0.2) is 0 Å². The van der Waals surface area contributed by atoms with Crippen LogP contribution >= 0.6 is 0 Å². The molecule has 1 atom stereocenters. The van der Waals surface area contributed by atoms with Crippen LogP contribution in [0.2, 0.25) is 0 Å². The first kappa shape index (κ1) is 14.5. The van der Waals surface area contributed by atoms with Crippen molar-refractivity contribution >= 4 is 12.0 Å². The summed E-state index contributed by atoms with van der Waals surface area (Å²) in [6, 6.07) is 7.25. The lowest BCUT2D eigenvalue weighted by molar-refractivity contribution is 0.0315. The summed E-state index contributed by atoms with van der Waals surface area (Å²) in [6.45, 7) is 4.21. The summed E-state index contributed by atoms with van der Waals surface area (Å²) in [5, 5.41) is 0. The number of ether oxygens (including phenoxy) is 2. The molecule has 1 aromatic carbocycles. The van der Waals surface area contributed by atoms with Crippen LogP contribution in [0.1, 0.15) is 35.2 Å². The highest BCUT2D eigenvalue weighted by Gasteiger charge is 2.22. The zero-order valence-electron chi connectivity index (χ0n) is 11.8. The number of carbonyl (C=O) groups excluding carboxylic acids is 1. The molecule has 0 radical (unpaired) electrons. The fraction of sp³-hybridized carbons (Fsp3) is 0.353. The highest BCUT2D eigenvalue weighted by Crippen LogP contribution is 2.23. The predicted octanol–water partition coefficient (Wildman–Crippen LogP) is 3.61. The van der Waals surface area contributed by atoms with Crippen LogP contribution in [0.4, 0.5) is 0 Å². The third kappa shape index (κ3) is 3.58. The van der Waals surface area contributed by atoms with Crippen molar-refractivity contribution in [3.63, 3.8) is 0 Å². The molecule has 0 heterocycles. The highest BCUT2D eigenvalue weighted by molar-refractivity contribution is 5.89. The number of allylic oxidation sites excluding steroid dienone is 1. The van der Waals surface area contributed by atoms with E-state index < -0.39 is 0 Å². The van der Waals surface area contributed by atoms with Gasteiger partial charge in [-0.15, -0.1) is 0 Å². The summed E-state index contributed by atoms with van der Waals surface area (Å²) < 4.78 is 10.8. The molecule has 1 aliphatic carbocycles. The van der Waals surface area contributed by atoms with E-state index in [-0.39, 0.29) is 12.1 Å². The van der Waals surface area contributed by atoms with E-state index in [9.17, 15) is 4.79 Å². The molecule has 0 aromatic heterocycles. The van der Waals surface area contributed by atoms with Gasteiger partial charge >= 0.3 is 5.97 Å². The molecule has 0 N–H and O–H groups in total. The maximum absolute atomic E-state index is 12.1. The molecule has 3 heteroatoms. The van der Waals surface area contributed by atoms with E-state index in [0.29, 0.717) is 12.2 Å². The first-order valence-corrected chi connectivity index (χ1v) is 6.86. The molecule has 0 bridgehead atoms. The maximum atomic E-state index is 12.1. The summed E-state index contributed by atoms with van der Waals surface area (Å²) in [5.74, 6) is -0.283. The Balaban J connectivity index is 2.04. The topological polar surface area (TPSA) is 35.5 Å². The van der Waals surface area contributed by atoms with E-state index in [4.69, 9.17) is 9.47 Å². The van der Waals surface area contributed by atoms with E-state index in [1.54, 1.807) is 25.3 Å². The molecule has 106 valence electrons. The number of hydrogen-bond donors (Lipinski definition) is 0. The summed E-state index contributed by atoms with van der Waals surface area (Å²) in [5.41, 5.74) is 2.62. The minimum atomic E-state index is -0.283. The van der Waals surface area contributed by atoms with Crippen molar-refractivity contribution < 1.29 is 14.3 Å². The molecule has 3 nitrogen and oxygen atoms in total. The Labute approximate surface area is 119 Å². The summed E-state index contributed by atoms with van der Waals surface area (Å²) in [7, 11) is 1.66. The van der Waals surface area contributed by atoms with Crippen molar-refractivity contribution in [3.05, 3.63) is 53.6 Å². The van der Waals surface area contributed by atoms with Gasteiger partial charge in [-0.25, -0.2) is 4.79 Å². The zero-order valence-corrected chi connectivity index (χ0v) is 11.8. The van der Waals surface area contributed by atoms with E-state index >= 15 is 0 Å². The lowest BCUT2D eigenvalue weighted by Gasteiger charge is -2.24. The molecule has 1 unspecified atom stereocenters. The van der Waals surface area contributed by atoms with Crippen LogP contribution in [0.15, 0.2) is 42.5 Å². The third-order valence-corrected chi connectivity index (χ3v) is 3.43. The molecular formula is C17H20O3. The van der Waals surface area contributed by atoms with E-state index in [1.807, 2.05) is 12.1 Å². The smallest absolute Gasteiger partial charge is 0.338 e. The molecule has 0 fully saturated rings. The molecule has 20 heavy (non-hydrogen) atoms. The molecule has 0 saturated heterocycles. The van der Waals surface area contributed by atoms with Crippen molar-refractivity contribution in [2.75, 3.05) is 13.7 Å². The van der Waals surface area contributed by atoms with Crippen LogP contribution in [-0.4, -0.2) is 25.8 Å². The largest absolute Gasteiger partial charge is 0.454 e. The molecular weight excluding hydrogens is 252 g/mol. The highest BCUT2D eigenvalue weighted by atomic mass is 16.5. The number of carbonyl (C=O) groups is 1. The van der Waals surface area contributed by atoms with Gasteiger partial charge in [0, 0.05) is 7.11 Å². The Morgan fingerprint density at radius 3 is 2.80 bits per heavy atom. The fourth-order valence-electron chi connectivity index (χ4n) is 2.31. The lowest BCUT2D eigenvalue weighted by Crippen LogP contribution is -2.25. The number of methoxy groups -OCH3 is 1. The van der Waals surface area contributed by atoms with Gasteiger partial charge in [-0.1, -0.05) is 30.9 Å².